The van der Waals surface area contributed by atoms with Crippen molar-refractivity contribution in [3.63, 3.8) is 0 Å². The fraction of sp³-hybridized carbons (Fsp3) is 1.00. The Bertz CT molecular complexity index is 216. The molecule has 0 bridgehead atoms. The molecular formula is C8H10F8OS. The number of hydrogen-bond donors (Lipinski definition) is 0. The van der Waals surface area contributed by atoms with Crippen molar-refractivity contribution in [3.8, 4) is 0 Å². The Hall–Kier alpha value is -0.250. The monoisotopic (exact) mass is 306 g/mol. The summed E-state index contributed by atoms with van der Waals surface area (Å²) in [7, 11) is 0. The molecule has 10 heteroatoms. The minimum Gasteiger partial charge on any atom is -0.616 e. The molecular weight excluding hydrogens is 296 g/mol. The van der Waals surface area contributed by atoms with E-state index in [9.17, 15) is 39.7 Å². The highest BCUT2D eigenvalue weighted by atomic mass is 32.2. The number of alkyl halides is 8. The van der Waals surface area contributed by atoms with Gasteiger partial charge in [-0.05, 0) is 11.2 Å². The van der Waals surface area contributed by atoms with Crippen LogP contribution >= 0.6 is 0 Å². The first-order chi connectivity index (χ1) is 7.89. The lowest BCUT2D eigenvalue weighted by molar-refractivity contribution is -0.144. The maximum Gasteiger partial charge on any atom is 0.392 e. The molecule has 0 aromatic rings. The lowest BCUT2D eigenvalue weighted by Gasteiger charge is -2.17. The zero-order valence-corrected chi connectivity index (χ0v) is 9.64. The average molecular weight is 306 g/mol. The SMILES string of the molecule is [O-][S+](CC(F)CC(F)(F)F)CC(F)CC(F)(F)F. The van der Waals surface area contributed by atoms with Crippen LogP contribution in [0.5, 0.6) is 0 Å². The van der Waals surface area contributed by atoms with Gasteiger partial charge in [-0.15, -0.1) is 0 Å². The lowest BCUT2D eigenvalue weighted by atomic mass is 10.3. The Morgan fingerprint density at radius 3 is 1.28 bits per heavy atom. The lowest BCUT2D eigenvalue weighted by Crippen LogP contribution is -2.30. The van der Waals surface area contributed by atoms with Crippen LogP contribution in [0.2, 0.25) is 0 Å². The molecule has 0 spiro atoms. The first kappa shape index (κ1) is 17.8. The molecule has 2 atom stereocenters. The third-order valence-electron chi connectivity index (χ3n) is 1.64. The second-order valence-electron chi connectivity index (χ2n) is 3.61. The number of hydrogen-bond acceptors (Lipinski definition) is 1. The summed E-state index contributed by atoms with van der Waals surface area (Å²) in [5.41, 5.74) is 0. The van der Waals surface area contributed by atoms with Crippen molar-refractivity contribution in [2.24, 2.45) is 0 Å². The van der Waals surface area contributed by atoms with E-state index in [0.717, 1.165) is 0 Å². The highest BCUT2D eigenvalue weighted by molar-refractivity contribution is 7.91. The van der Waals surface area contributed by atoms with E-state index in [1.807, 2.05) is 0 Å². The van der Waals surface area contributed by atoms with Crippen molar-refractivity contribution in [1.82, 2.24) is 0 Å². The molecule has 0 saturated carbocycles. The van der Waals surface area contributed by atoms with Crippen molar-refractivity contribution in [1.29, 1.82) is 0 Å². The van der Waals surface area contributed by atoms with Gasteiger partial charge in [-0.25, -0.2) is 8.78 Å². The molecule has 1 nitrogen and oxygen atoms in total. The summed E-state index contributed by atoms with van der Waals surface area (Å²) >= 11 is -2.40. The van der Waals surface area contributed by atoms with Gasteiger partial charge < -0.3 is 4.55 Å². The molecule has 0 heterocycles. The molecule has 0 saturated heterocycles. The molecule has 0 rings (SSSR count). The van der Waals surface area contributed by atoms with Gasteiger partial charge in [0.25, 0.3) is 0 Å². The maximum absolute atomic E-state index is 12.7. The van der Waals surface area contributed by atoms with Gasteiger partial charge in [-0.2, -0.15) is 26.3 Å². The van der Waals surface area contributed by atoms with Crippen molar-refractivity contribution >= 4 is 11.2 Å². The molecule has 0 aliphatic rings. The van der Waals surface area contributed by atoms with Gasteiger partial charge in [0, 0.05) is 0 Å². The highest BCUT2D eigenvalue weighted by Crippen LogP contribution is 2.26. The predicted molar refractivity (Wildman–Crippen MR) is 49.0 cm³/mol. The molecule has 2 unspecified atom stereocenters. The molecule has 18 heavy (non-hydrogen) atoms. The van der Waals surface area contributed by atoms with Gasteiger partial charge >= 0.3 is 12.4 Å². The first-order valence-electron chi connectivity index (χ1n) is 4.65. The Kier molecular flexibility index (Phi) is 6.69. The molecule has 0 N–H and O–H groups in total. The normalized spacial score (nSPS) is 18.5. The summed E-state index contributed by atoms with van der Waals surface area (Å²) < 4.78 is 106. The van der Waals surface area contributed by atoms with Crippen LogP contribution in [0.4, 0.5) is 35.1 Å². The quantitative estimate of drug-likeness (QED) is 0.545. The summed E-state index contributed by atoms with van der Waals surface area (Å²) in [6.07, 6.45) is -18.3. The van der Waals surface area contributed by atoms with Crippen molar-refractivity contribution in [3.05, 3.63) is 0 Å². The van der Waals surface area contributed by atoms with Gasteiger partial charge in [-0.3, -0.25) is 0 Å². The van der Waals surface area contributed by atoms with Crippen LogP contribution in [-0.2, 0) is 11.2 Å². The first-order valence-corrected chi connectivity index (χ1v) is 6.14. The molecule has 0 aliphatic carbocycles. The molecule has 0 aliphatic heterocycles. The van der Waals surface area contributed by atoms with Gasteiger partial charge in [0.2, 0.25) is 0 Å². The Balaban J connectivity index is 4.00. The molecule has 0 radical (unpaired) electrons. The molecule has 0 amide bonds. The van der Waals surface area contributed by atoms with Crippen LogP contribution in [0, 0.1) is 0 Å². The van der Waals surface area contributed by atoms with Gasteiger partial charge in [-0.1, -0.05) is 0 Å². The van der Waals surface area contributed by atoms with E-state index in [2.05, 4.69) is 0 Å². The van der Waals surface area contributed by atoms with E-state index in [1.165, 1.54) is 0 Å². The third-order valence-corrected chi connectivity index (χ3v) is 3.11. The van der Waals surface area contributed by atoms with E-state index < -0.39 is 60.2 Å². The van der Waals surface area contributed by atoms with Crippen LogP contribution in [0.1, 0.15) is 12.8 Å². The van der Waals surface area contributed by atoms with Gasteiger partial charge in [0.15, 0.2) is 12.3 Å². The topological polar surface area (TPSA) is 23.1 Å². The molecule has 0 aromatic heterocycles. The Labute approximate surface area is 101 Å². The summed E-state index contributed by atoms with van der Waals surface area (Å²) in [6.45, 7) is 0. The summed E-state index contributed by atoms with van der Waals surface area (Å²) in [5, 5.41) is 0. The van der Waals surface area contributed by atoms with Crippen molar-refractivity contribution in [2.45, 2.75) is 37.5 Å². The molecule has 110 valence electrons. The molecule has 0 aromatic carbocycles. The van der Waals surface area contributed by atoms with Crippen LogP contribution in [0.25, 0.3) is 0 Å². The summed E-state index contributed by atoms with van der Waals surface area (Å²) in [4.78, 5) is 0. The minimum absolute atomic E-state index is 1.13. The predicted octanol–water partition coefficient (Wildman–Crippen LogP) is 3.32. The standard InChI is InChI=1S/C8H10F8OS/c9-5(1-7(11,12)13)3-18(17)4-6(10)2-8(14,15)16/h5-6H,1-4H2. The van der Waals surface area contributed by atoms with Crippen molar-refractivity contribution in [2.75, 3.05) is 11.5 Å². The second kappa shape index (κ2) is 6.78. The van der Waals surface area contributed by atoms with E-state index >= 15 is 0 Å². The fourth-order valence-electron chi connectivity index (χ4n) is 1.09. The van der Waals surface area contributed by atoms with Crippen LogP contribution in [-0.4, -0.2) is 40.8 Å². The number of halogens is 8. The zero-order valence-electron chi connectivity index (χ0n) is 8.82. The van der Waals surface area contributed by atoms with Gasteiger partial charge in [0.05, 0.1) is 12.8 Å². The zero-order chi connectivity index (χ0) is 14.6. The van der Waals surface area contributed by atoms with Crippen LogP contribution < -0.4 is 0 Å². The average Bonchev–Trinajstić information content (AvgIpc) is 1.92. The Morgan fingerprint density at radius 2 is 1.06 bits per heavy atom. The van der Waals surface area contributed by atoms with Crippen molar-refractivity contribution < 1.29 is 39.7 Å². The third kappa shape index (κ3) is 10.9. The molecule has 0 fully saturated rings. The van der Waals surface area contributed by atoms with E-state index in [1.54, 1.807) is 0 Å². The minimum atomic E-state index is -4.80. The summed E-state index contributed by atoms with van der Waals surface area (Å²) in [5.74, 6) is -2.25. The second-order valence-corrected chi connectivity index (χ2v) is 5.15. The maximum atomic E-state index is 12.7. The number of rotatable bonds is 6. The highest BCUT2D eigenvalue weighted by Gasteiger charge is 2.37. The van der Waals surface area contributed by atoms with E-state index in [-0.39, 0.29) is 0 Å². The summed E-state index contributed by atoms with van der Waals surface area (Å²) in [6, 6.07) is 0. The smallest absolute Gasteiger partial charge is 0.392 e. The largest absolute Gasteiger partial charge is 0.616 e. The van der Waals surface area contributed by atoms with Gasteiger partial charge in [0.1, 0.15) is 11.5 Å². The van der Waals surface area contributed by atoms with Crippen LogP contribution in [0.3, 0.4) is 0 Å². The van der Waals surface area contributed by atoms with E-state index in [4.69, 9.17) is 0 Å². The van der Waals surface area contributed by atoms with E-state index in [0.29, 0.717) is 0 Å². The Morgan fingerprint density at radius 1 is 0.778 bits per heavy atom. The van der Waals surface area contributed by atoms with Crippen LogP contribution in [0.15, 0.2) is 0 Å². The fourth-order valence-corrected chi connectivity index (χ4v) is 2.27.